The molecule has 3 heterocycles. The molecule has 1 aliphatic rings. The number of nitrogen functional groups attached to an aromatic ring is 1. The Bertz CT molecular complexity index is 1440. The summed E-state index contributed by atoms with van der Waals surface area (Å²) in [5.41, 5.74) is 14.5. The molecule has 1 aromatic carbocycles. The standard InChI is InChI=1S/C31H49N9O3.C2H5NO2/c1-3-4-19-43-30-37-27(33)26-28(38-30)40(31(42)36-26)21-24-10-8-23(9-11-24)20-39-17-13-22(14-18-39)12-16-35-29(41)25(34-2)7-5-6-15-32;3-5-2-1-4/h8-11,22,25,34H,3-7,12-21,32H2,1-2H3,(H,35,41)(H,36,42)(H2,33,37,38);1H,2-3H2. The summed E-state index contributed by atoms with van der Waals surface area (Å²) in [5.74, 6) is 5.33. The molecule has 3 aromatic rings. The summed E-state index contributed by atoms with van der Waals surface area (Å²) in [6.45, 7) is 7.32. The highest BCUT2D eigenvalue weighted by molar-refractivity contribution is 5.82. The average Bonchev–Trinajstić information content (AvgIpc) is 3.40. The van der Waals surface area contributed by atoms with Gasteiger partial charge in [0.25, 0.3) is 0 Å². The molecule has 1 unspecified atom stereocenters. The number of aromatic nitrogens is 4. The van der Waals surface area contributed by atoms with Crippen molar-refractivity contribution in [2.24, 2.45) is 17.5 Å². The Hall–Kier alpha value is -3.89. The van der Waals surface area contributed by atoms with Crippen LogP contribution in [0.4, 0.5) is 5.82 Å². The van der Waals surface area contributed by atoms with Gasteiger partial charge in [-0.2, -0.15) is 9.97 Å². The molecule has 9 N–H and O–H groups in total. The lowest BCUT2D eigenvalue weighted by molar-refractivity contribution is -0.123. The van der Waals surface area contributed by atoms with Crippen LogP contribution >= 0.6 is 0 Å². The zero-order valence-corrected chi connectivity index (χ0v) is 28.4. The number of unbranched alkanes of at least 4 members (excludes halogenated alkanes) is 2. The van der Waals surface area contributed by atoms with E-state index in [1.54, 1.807) is 4.57 Å². The van der Waals surface area contributed by atoms with Crippen LogP contribution in [0, 0.1) is 5.92 Å². The summed E-state index contributed by atoms with van der Waals surface area (Å²) in [7, 11) is 1.84. The molecule has 1 atom stereocenters. The molecule has 1 saturated heterocycles. The van der Waals surface area contributed by atoms with E-state index in [2.05, 4.69) is 72.4 Å². The fourth-order valence-corrected chi connectivity index (χ4v) is 5.64. The first kappa shape index (κ1) is 38.6. The second kappa shape index (κ2) is 21.2. The van der Waals surface area contributed by atoms with Gasteiger partial charge in [0, 0.05) is 13.1 Å². The second-order valence-electron chi connectivity index (χ2n) is 12.0. The van der Waals surface area contributed by atoms with E-state index in [-0.39, 0.29) is 36.1 Å². The number of rotatable bonds is 19. The minimum absolute atomic E-state index is 0.0139. The number of carbonyl (C=O) groups is 2. The molecule has 2 aromatic heterocycles. The molecule has 1 amide bonds. The topological polar surface area (TPSA) is 222 Å². The van der Waals surface area contributed by atoms with Crippen molar-refractivity contribution in [3.05, 3.63) is 45.9 Å². The SMILES string of the molecule is CCCCOc1nc(N)c2[nH]c(=O)n(Cc3ccc(CN4CCC(CCNC(=O)C(CCCCN)NC)CC4)cc3)c2n1.NOCC=O. The van der Waals surface area contributed by atoms with E-state index < -0.39 is 0 Å². The molecular formula is C33H54N10O5. The third kappa shape index (κ3) is 12.3. The number of H-pyrrole nitrogens is 1. The molecule has 0 radical (unpaired) electrons. The number of amides is 1. The van der Waals surface area contributed by atoms with Crippen molar-refractivity contribution in [2.45, 2.75) is 77.4 Å². The summed E-state index contributed by atoms with van der Waals surface area (Å²) in [4.78, 5) is 52.1. The molecule has 1 aliphatic heterocycles. The van der Waals surface area contributed by atoms with Gasteiger partial charge in [-0.05, 0) is 82.3 Å². The first-order valence-corrected chi connectivity index (χ1v) is 16.9. The molecule has 0 saturated carbocycles. The number of carbonyl (C=O) groups excluding carboxylic acids is 2. The average molecular weight is 671 g/mol. The van der Waals surface area contributed by atoms with Crippen molar-refractivity contribution in [3.8, 4) is 6.01 Å². The van der Waals surface area contributed by atoms with Crippen molar-refractivity contribution in [2.75, 3.05) is 52.2 Å². The lowest BCUT2D eigenvalue weighted by Crippen LogP contribution is -2.43. The fraction of sp³-hybridized carbons (Fsp3) is 0.606. The van der Waals surface area contributed by atoms with E-state index in [0.29, 0.717) is 43.1 Å². The van der Waals surface area contributed by atoms with E-state index in [4.69, 9.17) is 16.2 Å². The third-order valence-electron chi connectivity index (χ3n) is 8.46. The van der Waals surface area contributed by atoms with Gasteiger partial charge >= 0.3 is 11.7 Å². The van der Waals surface area contributed by atoms with E-state index in [1.807, 2.05) is 7.05 Å². The molecular weight excluding hydrogens is 616 g/mol. The number of likely N-dealkylation sites (tertiary alicyclic amines) is 1. The zero-order chi connectivity index (χ0) is 34.7. The van der Waals surface area contributed by atoms with Gasteiger partial charge in [0.1, 0.15) is 18.4 Å². The number of likely N-dealkylation sites (N-methyl/N-ethyl adjacent to an activating group) is 1. The predicted molar refractivity (Wildman–Crippen MR) is 186 cm³/mol. The highest BCUT2D eigenvalue weighted by Gasteiger charge is 2.21. The summed E-state index contributed by atoms with van der Waals surface area (Å²) in [6.07, 6.45) is 8.49. The van der Waals surface area contributed by atoms with Gasteiger partial charge in [0.05, 0.1) is 19.2 Å². The van der Waals surface area contributed by atoms with Gasteiger partial charge < -0.3 is 36.6 Å². The number of nitrogens with two attached hydrogens (primary N) is 3. The van der Waals surface area contributed by atoms with Gasteiger partial charge in [0.2, 0.25) is 5.91 Å². The zero-order valence-electron chi connectivity index (χ0n) is 28.4. The van der Waals surface area contributed by atoms with Gasteiger partial charge in [-0.1, -0.05) is 44.0 Å². The number of fused-ring (bicyclic) bond motifs is 1. The van der Waals surface area contributed by atoms with Crippen molar-refractivity contribution in [1.82, 2.24) is 35.1 Å². The Morgan fingerprint density at radius 2 is 1.83 bits per heavy atom. The maximum Gasteiger partial charge on any atom is 0.328 e. The molecule has 0 aliphatic carbocycles. The lowest BCUT2D eigenvalue weighted by atomic mass is 9.93. The molecule has 15 heteroatoms. The van der Waals surface area contributed by atoms with Crippen LogP contribution in [-0.4, -0.2) is 89.1 Å². The van der Waals surface area contributed by atoms with Crippen LogP contribution in [0.3, 0.4) is 0 Å². The summed E-state index contributed by atoms with van der Waals surface area (Å²) < 4.78 is 7.21. The smallest absolute Gasteiger partial charge is 0.328 e. The van der Waals surface area contributed by atoms with Crippen molar-refractivity contribution in [1.29, 1.82) is 0 Å². The number of nitrogens with zero attached hydrogens (tertiary/aromatic N) is 4. The normalized spacial score (nSPS) is 14.3. The van der Waals surface area contributed by atoms with E-state index >= 15 is 0 Å². The number of ether oxygens (including phenoxy) is 1. The Labute approximate surface area is 282 Å². The largest absolute Gasteiger partial charge is 0.463 e. The first-order chi connectivity index (χ1) is 23.3. The number of piperidine rings is 1. The molecule has 266 valence electrons. The number of aldehydes is 1. The van der Waals surface area contributed by atoms with Crippen LogP contribution in [0.1, 0.15) is 69.4 Å². The van der Waals surface area contributed by atoms with Crippen molar-refractivity contribution < 1.29 is 19.2 Å². The van der Waals surface area contributed by atoms with Gasteiger partial charge in [-0.25, -0.2) is 10.7 Å². The molecule has 4 rings (SSSR count). The third-order valence-corrected chi connectivity index (χ3v) is 8.46. The predicted octanol–water partition coefficient (Wildman–Crippen LogP) is 1.44. The molecule has 0 bridgehead atoms. The maximum atomic E-state index is 12.7. The van der Waals surface area contributed by atoms with E-state index in [0.717, 1.165) is 83.1 Å². The first-order valence-electron chi connectivity index (χ1n) is 16.9. The van der Waals surface area contributed by atoms with Crippen LogP contribution in [0.15, 0.2) is 29.1 Å². The Balaban J connectivity index is 0.00000116. The number of anilines is 1. The summed E-state index contributed by atoms with van der Waals surface area (Å²) in [5, 5.41) is 6.24. The second-order valence-corrected chi connectivity index (χ2v) is 12.0. The number of nitrogens with one attached hydrogen (secondary N) is 3. The summed E-state index contributed by atoms with van der Waals surface area (Å²) in [6, 6.07) is 8.43. The van der Waals surface area contributed by atoms with Gasteiger partial charge in [0.15, 0.2) is 11.5 Å². The number of hydrogen-bond acceptors (Lipinski definition) is 12. The summed E-state index contributed by atoms with van der Waals surface area (Å²) >= 11 is 0. The minimum Gasteiger partial charge on any atom is -0.463 e. The van der Waals surface area contributed by atoms with Gasteiger partial charge in [-0.3, -0.25) is 19.1 Å². The molecule has 1 fully saturated rings. The van der Waals surface area contributed by atoms with Crippen LogP contribution in [0.25, 0.3) is 11.2 Å². The Morgan fingerprint density at radius 1 is 1.12 bits per heavy atom. The maximum absolute atomic E-state index is 12.7. The Kier molecular flexibility index (Phi) is 17.0. The highest BCUT2D eigenvalue weighted by Crippen LogP contribution is 2.22. The Morgan fingerprint density at radius 3 is 2.44 bits per heavy atom. The van der Waals surface area contributed by atoms with Gasteiger partial charge in [-0.15, -0.1) is 0 Å². The highest BCUT2D eigenvalue weighted by atomic mass is 16.6. The number of aromatic amines is 1. The van der Waals surface area contributed by atoms with Crippen LogP contribution in [0.5, 0.6) is 6.01 Å². The van der Waals surface area contributed by atoms with Crippen LogP contribution < -0.4 is 38.4 Å². The minimum atomic E-state index is -0.280. The van der Waals surface area contributed by atoms with Crippen LogP contribution in [0.2, 0.25) is 0 Å². The van der Waals surface area contributed by atoms with Crippen molar-refractivity contribution >= 4 is 29.2 Å². The lowest BCUT2D eigenvalue weighted by Gasteiger charge is -2.32. The van der Waals surface area contributed by atoms with Crippen LogP contribution in [-0.2, 0) is 27.5 Å². The number of imidazole rings is 1. The molecule has 15 nitrogen and oxygen atoms in total. The monoisotopic (exact) mass is 670 g/mol. The quantitative estimate of drug-likeness (QED) is 0.0606. The molecule has 0 spiro atoms. The van der Waals surface area contributed by atoms with Crippen molar-refractivity contribution in [3.63, 3.8) is 0 Å². The van der Waals surface area contributed by atoms with E-state index in [9.17, 15) is 14.4 Å². The van der Waals surface area contributed by atoms with E-state index in [1.165, 1.54) is 5.56 Å². The number of benzene rings is 1. The fourth-order valence-electron chi connectivity index (χ4n) is 5.64. The number of hydrogen-bond donors (Lipinski definition) is 6. The molecule has 48 heavy (non-hydrogen) atoms.